The first kappa shape index (κ1) is 13.8. The first-order chi connectivity index (χ1) is 9.38. The predicted molar refractivity (Wildman–Crippen MR) is 78.4 cm³/mol. The van der Waals surface area contributed by atoms with Gasteiger partial charge in [-0.3, -0.25) is 4.90 Å². The zero-order chi connectivity index (χ0) is 13.1. The molecule has 1 saturated heterocycles. The Balaban J connectivity index is 1.60. The van der Waals surface area contributed by atoms with E-state index in [1.54, 1.807) is 0 Å². The summed E-state index contributed by atoms with van der Waals surface area (Å²) in [5.74, 6) is 0.861. The summed E-state index contributed by atoms with van der Waals surface area (Å²) in [7, 11) is 2.14. The van der Waals surface area contributed by atoms with Crippen molar-refractivity contribution in [1.29, 1.82) is 0 Å². The quantitative estimate of drug-likeness (QED) is 0.849. The van der Waals surface area contributed by atoms with Crippen molar-refractivity contribution in [2.75, 3.05) is 26.7 Å². The van der Waals surface area contributed by atoms with E-state index in [0.29, 0.717) is 6.10 Å². The van der Waals surface area contributed by atoms with Crippen LogP contribution in [0, 0.1) is 5.92 Å². The Morgan fingerprint density at radius 2 is 1.84 bits per heavy atom. The summed E-state index contributed by atoms with van der Waals surface area (Å²) in [4.78, 5) is 2.77. The highest BCUT2D eigenvalue weighted by Crippen LogP contribution is 2.31. The van der Waals surface area contributed by atoms with E-state index in [2.05, 4.69) is 17.3 Å². The molecule has 0 aromatic rings. The van der Waals surface area contributed by atoms with Crippen LogP contribution in [0.15, 0.2) is 0 Å². The maximum Gasteiger partial charge on any atom is 0.0730 e. The molecule has 4 unspecified atom stereocenters. The van der Waals surface area contributed by atoms with Gasteiger partial charge in [0, 0.05) is 25.2 Å². The molecule has 3 rings (SSSR count). The molecule has 3 aliphatic rings. The molecule has 3 heteroatoms. The molecule has 0 radical (unpaired) electrons. The fourth-order valence-corrected chi connectivity index (χ4v) is 4.51. The van der Waals surface area contributed by atoms with Gasteiger partial charge in [0.25, 0.3) is 0 Å². The van der Waals surface area contributed by atoms with E-state index < -0.39 is 0 Å². The molecule has 3 nitrogen and oxygen atoms in total. The van der Waals surface area contributed by atoms with Gasteiger partial charge in [0.2, 0.25) is 0 Å². The Labute approximate surface area is 118 Å². The van der Waals surface area contributed by atoms with Crippen LogP contribution in [0.2, 0.25) is 0 Å². The van der Waals surface area contributed by atoms with E-state index in [4.69, 9.17) is 4.74 Å². The van der Waals surface area contributed by atoms with Crippen molar-refractivity contribution in [3.63, 3.8) is 0 Å². The van der Waals surface area contributed by atoms with E-state index in [0.717, 1.165) is 31.2 Å². The van der Waals surface area contributed by atoms with E-state index in [9.17, 15) is 0 Å². The summed E-state index contributed by atoms with van der Waals surface area (Å²) in [6, 6.07) is 1.47. The van der Waals surface area contributed by atoms with Gasteiger partial charge in [0.15, 0.2) is 0 Å². The largest absolute Gasteiger partial charge is 0.375 e. The molecule has 0 spiro atoms. The minimum atomic E-state index is 0.541. The Bertz CT molecular complexity index is 282. The molecular weight excluding hydrogens is 236 g/mol. The lowest BCUT2D eigenvalue weighted by Gasteiger charge is -2.46. The molecule has 0 aromatic carbocycles. The van der Waals surface area contributed by atoms with Crippen molar-refractivity contribution in [1.82, 2.24) is 10.2 Å². The lowest BCUT2D eigenvalue weighted by molar-refractivity contribution is -0.0941. The molecule has 19 heavy (non-hydrogen) atoms. The molecule has 1 aliphatic heterocycles. The van der Waals surface area contributed by atoms with Gasteiger partial charge in [0.1, 0.15) is 0 Å². The second kappa shape index (κ2) is 6.55. The van der Waals surface area contributed by atoms with Crippen LogP contribution >= 0.6 is 0 Å². The lowest BCUT2D eigenvalue weighted by Crippen LogP contribution is -2.55. The highest BCUT2D eigenvalue weighted by atomic mass is 16.5. The summed E-state index contributed by atoms with van der Waals surface area (Å²) >= 11 is 0. The van der Waals surface area contributed by atoms with Crippen molar-refractivity contribution >= 4 is 0 Å². The smallest absolute Gasteiger partial charge is 0.0730 e. The number of hydrogen-bond donors (Lipinski definition) is 1. The minimum absolute atomic E-state index is 0.541. The number of fused-ring (bicyclic) bond motifs is 1. The second-order valence-electron chi connectivity index (χ2n) is 6.70. The summed E-state index contributed by atoms with van der Waals surface area (Å²) in [5, 5.41) is 3.56. The maximum absolute atomic E-state index is 6.00. The Morgan fingerprint density at radius 3 is 2.74 bits per heavy atom. The van der Waals surface area contributed by atoms with Gasteiger partial charge in [-0.2, -0.15) is 0 Å². The fraction of sp³-hybridized carbons (Fsp3) is 1.00. The van der Waals surface area contributed by atoms with Crippen molar-refractivity contribution in [2.45, 2.75) is 69.6 Å². The lowest BCUT2D eigenvalue weighted by atomic mass is 9.82. The zero-order valence-corrected chi connectivity index (χ0v) is 12.4. The van der Waals surface area contributed by atoms with Crippen LogP contribution in [0.1, 0.15) is 51.4 Å². The zero-order valence-electron chi connectivity index (χ0n) is 12.4. The number of rotatable bonds is 3. The van der Waals surface area contributed by atoms with Crippen LogP contribution < -0.4 is 5.32 Å². The highest BCUT2D eigenvalue weighted by Gasteiger charge is 2.36. The monoisotopic (exact) mass is 266 g/mol. The van der Waals surface area contributed by atoms with Crippen molar-refractivity contribution < 1.29 is 4.74 Å². The van der Waals surface area contributed by atoms with Crippen molar-refractivity contribution in [3.8, 4) is 0 Å². The van der Waals surface area contributed by atoms with Crippen molar-refractivity contribution in [2.24, 2.45) is 5.92 Å². The topological polar surface area (TPSA) is 24.5 Å². The van der Waals surface area contributed by atoms with Crippen molar-refractivity contribution in [3.05, 3.63) is 0 Å². The van der Waals surface area contributed by atoms with Crippen LogP contribution in [0.25, 0.3) is 0 Å². The Hall–Kier alpha value is -0.120. The summed E-state index contributed by atoms with van der Waals surface area (Å²) in [6.45, 7) is 3.42. The summed E-state index contributed by atoms with van der Waals surface area (Å²) in [6.07, 6.45) is 11.6. The number of nitrogens with zero attached hydrogens (tertiary/aromatic N) is 1. The van der Waals surface area contributed by atoms with Gasteiger partial charge in [-0.05, 0) is 38.6 Å². The number of nitrogens with one attached hydrogen (secondary N) is 1. The average Bonchev–Trinajstić information content (AvgIpc) is 2.48. The second-order valence-corrected chi connectivity index (χ2v) is 6.70. The van der Waals surface area contributed by atoms with Gasteiger partial charge in [-0.25, -0.2) is 0 Å². The fourth-order valence-electron chi connectivity index (χ4n) is 4.51. The standard InChI is InChI=1S/C16H30N2O/c1-17-14-7-3-2-6-13(14)12-18-10-11-19-16-9-5-4-8-15(16)18/h13-17H,2-12H2,1H3. The summed E-state index contributed by atoms with van der Waals surface area (Å²) < 4.78 is 6.00. The molecule has 0 bridgehead atoms. The van der Waals surface area contributed by atoms with Gasteiger partial charge in [-0.1, -0.05) is 25.7 Å². The van der Waals surface area contributed by atoms with Crippen LogP contribution in [-0.4, -0.2) is 49.8 Å². The normalized spacial score (nSPS) is 40.9. The Kier molecular flexibility index (Phi) is 4.78. The number of hydrogen-bond acceptors (Lipinski definition) is 3. The molecule has 2 aliphatic carbocycles. The van der Waals surface area contributed by atoms with Gasteiger partial charge < -0.3 is 10.1 Å². The van der Waals surface area contributed by atoms with E-state index >= 15 is 0 Å². The van der Waals surface area contributed by atoms with Crippen LogP contribution in [0.4, 0.5) is 0 Å². The first-order valence-corrected chi connectivity index (χ1v) is 8.41. The molecule has 110 valence electrons. The van der Waals surface area contributed by atoms with Gasteiger partial charge in [0.05, 0.1) is 12.7 Å². The predicted octanol–water partition coefficient (Wildman–Crippen LogP) is 2.41. The third kappa shape index (κ3) is 3.14. The SMILES string of the molecule is CNC1CCCCC1CN1CCOC2CCCCC21. The highest BCUT2D eigenvalue weighted by molar-refractivity contribution is 4.90. The van der Waals surface area contributed by atoms with E-state index in [1.165, 1.54) is 57.9 Å². The minimum Gasteiger partial charge on any atom is -0.375 e. The van der Waals surface area contributed by atoms with Crippen LogP contribution in [0.5, 0.6) is 0 Å². The van der Waals surface area contributed by atoms with E-state index in [1.807, 2.05) is 0 Å². The molecule has 0 aromatic heterocycles. The molecule has 3 fully saturated rings. The molecular formula is C16H30N2O. The van der Waals surface area contributed by atoms with Crippen LogP contribution in [0.3, 0.4) is 0 Å². The third-order valence-corrected chi connectivity index (χ3v) is 5.60. The molecule has 4 atom stereocenters. The Morgan fingerprint density at radius 1 is 1.05 bits per heavy atom. The molecule has 1 N–H and O–H groups in total. The first-order valence-electron chi connectivity index (χ1n) is 8.41. The van der Waals surface area contributed by atoms with Crippen LogP contribution in [-0.2, 0) is 4.74 Å². The average molecular weight is 266 g/mol. The third-order valence-electron chi connectivity index (χ3n) is 5.60. The van der Waals surface area contributed by atoms with E-state index in [-0.39, 0.29) is 0 Å². The number of ether oxygens (including phenoxy) is 1. The molecule has 2 saturated carbocycles. The summed E-state index contributed by atoms with van der Waals surface area (Å²) in [5.41, 5.74) is 0. The maximum atomic E-state index is 6.00. The molecule has 0 amide bonds. The number of morpholine rings is 1. The molecule has 1 heterocycles. The van der Waals surface area contributed by atoms with Gasteiger partial charge >= 0.3 is 0 Å². The van der Waals surface area contributed by atoms with Gasteiger partial charge in [-0.15, -0.1) is 0 Å².